The average molecular weight is 337 g/mol. The summed E-state index contributed by atoms with van der Waals surface area (Å²) in [6, 6.07) is 7.60. The molecule has 0 radical (unpaired) electrons. The number of alkyl carbamates (subject to hydrolysis) is 1. The van der Waals surface area contributed by atoms with E-state index in [0.717, 1.165) is 11.3 Å². The normalized spacial score (nSPS) is 12.9. The van der Waals surface area contributed by atoms with E-state index >= 15 is 0 Å². The van der Waals surface area contributed by atoms with E-state index in [1.54, 1.807) is 0 Å². The van der Waals surface area contributed by atoms with Crippen LogP contribution in [0.4, 0.5) is 10.5 Å². The fraction of sp³-hybridized carbons (Fsp3) is 0.529. The van der Waals surface area contributed by atoms with Crippen molar-refractivity contribution in [3.63, 3.8) is 0 Å². The number of amidine groups is 1. The van der Waals surface area contributed by atoms with Gasteiger partial charge in [-0.25, -0.2) is 4.79 Å². The Kier molecular flexibility index (Phi) is 6.50. The van der Waals surface area contributed by atoms with Crippen molar-refractivity contribution in [2.24, 2.45) is 4.99 Å². The Morgan fingerprint density at radius 2 is 1.96 bits per heavy atom. The molecular weight excluding hydrogens is 310 g/mol. The van der Waals surface area contributed by atoms with Gasteiger partial charge in [-0.1, -0.05) is 30.8 Å². The highest BCUT2D eigenvalue weighted by molar-refractivity contribution is 8.13. The molecule has 23 heavy (non-hydrogen) atoms. The first-order chi connectivity index (χ1) is 10.5. The van der Waals surface area contributed by atoms with Gasteiger partial charge in [-0.2, -0.15) is 0 Å². The maximum Gasteiger partial charge on any atom is 0.413 e. The van der Waals surface area contributed by atoms with Crippen LogP contribution in [0.3, 0.4) is 0 Å². The van der Waals surface area contributed by atoms with Gasteiger partial charge >= 0.3 is 6.09 Å². The molecule has 0 spiro atoms. The Morgan fingerprint density at radius 1 is 1.30 bits per heavy atom. The van der Waals surface area contributed by atoms with Gasteiger partial charge in [0.15, 0.2) is 5.17 Å². The molecule has 0 bridgehead atoms. The van der Waals surface area contributed by atoms with E-state index in [4.69, 9.17) is 15.5 Å². The van der Waals surface area contributed by atoms with Crippen LogP contribution in [0.1, 0.15) is 47.1 Å². The SMILES string of the molecule is CCS/C(=N\C(C)(C)c1cccc(N)c1)NC(=O)OC(C)(C)C. The van der Waals surface area contributed by atoms with Crippen molar-refractivity contribution in [3.8, 4) is 0 Å². The number of hydrogen-bond acceptors (Lipinski definition) is 5. The lowest BCUT2D eigenvalue weighted by Crippen LogP contribution is -2.36. The fourth-order valence-electron chi connectivity index (χ4n) is 1.86. The van der Waals surface area contributed by atoms with Crippen LogP contribution in [-0.2, 0) is 10.3 Å². The average Bonchev–Trinajstić information content (AvgIpc) is 2.36. The lowest BCUT2D eigenvalue weighted by Gasteiger charge is -2.24. The third-order valence-corrected chi connectivity index (χ3v) is 3.62. The molecule has 1 aromatic carbocycles. The number of nitrogen functional groups attached to an aromatic ring is 1. The van der Waals surface area contributed by atoms with Crippen LogP contribution < -0.4 is 11.1 Å². The van der Waals surface area contributed by atoms with Crippen LogP contribution in [0.5, 0.6) is 0 Å². The molecule has 0 fully saturated rings. The highest BCUT2D eigenvalue weighted by atomic mass is 32.2. The van der Waals surface area contributed by atoms with Crippen LogP contribution in [0.15, 0.2) is 29.3 Å². The largest absolute Gasteiger partial charge is 0.444 e. The molecule has 0 aromatic heterocycles. The molecule has 0 atom stereocenters. The van der Waals surface area contributed by atoms with Crippen molar-refractivity contribution >= 4 is 28.7 Å². The number of nitrogens with one attached hydrogen (secondary N) is 1. The number of nitrogens with two attached hydrogens (primary N) is 1. The minimum atomic E-state index is -0.546. The van der Waals surface area contributed by atoms with Crippen LogP contribution in [0.2, 0.25) is 0 Å². The van der Waals surface area contributed by atoms with Gasteiger partial charge in [-0.3, -0.25) is 10.3 Å². The van der Waals surface area contributed by atoms with Crippen molar-refractivity contribution in [3.05, 3.63) is 29.8 Å². The van der Waals surface area contributed by atoms with Crippen molar-refractivity contribution in [2.45, 2.75) is 52.7 Å². The fourth-order valence-corrected chi connectivity index (χ4v) is 2.58. The van der Waals surface area contributed by atoms with Gasteiger partial charge in [0, 0.05) is 5.69 Å². The van der Waals surface area contributed by atoms with Crippen molar-refractivity contribution < 1.29 is 9.53 Å². The summed E-state index contributed by atoms with van der Waals surface area (Å²) in [5.74, 6) is 0.793. The van der Waals surface area contributed by atoms with Crippen LogP contribution >= 0.6 is 11.8 Å². The second-order valence-electron chi connectivity index (χ2n) is 6.66. The third kappa shape index (κ3) is 6.95. The number of ether oxygens (including phenoxy) is 1. The number of thioether (sulfide) groups is 1. The first-order valence-electron chi connectivity index (χ1n) is 7.62. The van der Waals surface area contributed by atoms with E-state index in [9.17, 15) is 4.79 Å². The minimum Gasteiger partial charge on any atom is -0.444 e. The topological polar surface area (TPSA) is 76.7 Å². The Bertz CT molecular complexity index is 577. The molecule has 3 N–H and O–H groups in total. The Morgan fingerprint density at radius 3 is 2.48 bits per heavy atom. The summed E-state index contributed by atoms with van der Waals surface area (Å²) in [6.07, 6.45) is -0.499. The maximum atomic E-state index is 12.0. The van der Waals surface area contributed by atoms with Gasteiger partial charge < -0.3 is 10.5 Å². The number of benzene rings is 1. The number of rotatable bonds is 3. The molecule has 1 aromatic rings. The molecule has 5 nitrogen and oxygen atoms in total. The number of hydrogen-bond donors (Lipinski definition) is 2. The molecular formula is C17H27N3O2S. The zero-order chi connectivity index (χ0) is 17.7. The lowest BCUT2D eigenvalue weighted by molar-refractivity contribution is 0.0564. The van der Waals surface area contributed by atoms with Crippen LogP contribution in [0, 0.1) is 0 Å². The smallest absolute Gasteiger partial charge is 0.413 e. The second-order valence-corrected chi connectivity index (χ2v) is 7.91. The number of amides is 1. The monoisotopic (exact) mass is 337 g/mol. The number of carbonyl (C=O) groups is 1. The molecule has 0 unspecified atom stereocenters. The molecule has 128 valence electrons. The van der Waals surface area contributed by atoms with Gasteiger partial charge in [-0.05, 0) is 58.1 Å². The van der Waals surface area contributed by atoms with E-state index in [1.165, 1.54) is 11.8 Å². The summed E-state index contributed by atoms with van der Waals surface area (Å²) in [4.78, 5) is 16.7. The lowest BCUT2D eigenvalue weighted by atomic mass is 9.95. The van der Waals surface area contributed by atoms with Gasteiger partial charge in [0.1, 0.15) is 5.60 Å². The summed E-state index contributed by atoms with van der Waals surface area (Å²) < 4.78 is 5.29. The highest BCUT2D eigenvalue weighted by Gasteiger charge is 2.23. The molecule has 0 saturated carbocycles. The highest BCUT2D eigenvalue weighted by Crippen LogP contribution is 2.27. The van der Waals surface area contributed by atoms with Crippen molar-refractivity contribution in [2.75, 3.05) is 11.5 Å². The summed E-state index contributed by atoms with van der Waals surface area (Å²) >= 11 is 1.46. The van der Waals surface area contributed by atoms with Crippen molar-refractivity contribution in [1.29, 1.82) is 0 Å². The molecule has 0 heterocycles. The number of carbonyl (C=O) groups excluding carboxylic acids is 1. The molecule has 0 aliphatic carbocycles. The van der Waals surface area contributed by atoms with Gasteiger partial charge in [0.05, 0.1) is 5.54 Å². The number of nitrogens with zero attached hydrogens (tertiary/aromatic N) is 1. The van der Waals surface area contributed by atoms with E-state index in [1.807, 2.05) is 65.8 Å². The summed E-state index contributed by atoms with van der Waals surface area (Å²) in [5, 5.41) is 3.27. The molecule has 1 rings (SSSR count). The number of aliphatic imine (C=N–C) groups is 1. The predicted octanol–water partition coefficient (Wildman–Crippen LogP) is 4.14. The molecule has 1 amide bonds. The van der Waals surface area contributed by atoms with Gasteiger partial charge in [-0.15, -0.1) is 0 Å². The summed E-state index contributed by atoms with van der Waals surface area (Å²) in [7, 11) is 0. The van der Waals surface area contributed by atoms with Crippen LogP contribution in [0.25, 0.3) is 0 Å². The van der Waals surface area contributed by atoms with E-state index < -0.39 is 17.2 Å². The standard InChI is InChI=1S/C17H27N3O2S/c1-7-23-14(19-15(21)22-16(2,3)4)20-17(5,6)12-9-8-10-13(18)11-12/h8-11H,7,18H2,1-6H3,(H,19,20,21). The van der Waals surface area contributed by atoms with Crippen LogP contribution in [-0.4, -0.2) is 22.6 Å². The predicted molar refractivity (Wildman–Crippen MR) is 98.8 cm³/mol. The van der Waals surface area contributed by atoms with Gasteiger partial charge in [0.2, 0.25) is 0 Å². The Labute approximate surface area is 143 Å². The van der Waals surface area contributed by atoms with E-state index in [2.05, 4.69) is 5.32 Å². The van der Waals surface area contributed by atoms with Crippen molar-refractivity contribution in [1.82, 2.24) is 5.32 Å². The van der Waals surface area contributed by atoms with Gasteiger partial charge in [0.25, 0.3) is 0 Å². The van der Waals surface area contributed by atoms with E-state index in [-0.39, 0.29) is 0 Å². The molecule has 0 aliphatic rings. The Balaban J connectivity index is 2.98. The number of anilines is 1. The first-order valence-corrected chi connectivity index (χ1v) is 8.61. The minimum absolute atomic E-state index is 0.499. The second kappa shape index (κ2) is 7.73. The first kappa shape index (κ1) is 19.4. The summed E-state index contributed by atoms with van der Waals surface area (Å²) in [5.41, 5.74) is 6.47. The third-order valence-electron chi connectivity index (χ3n) is 2.86. The quantitative estimate of drug-likeness (QED) is 0.494. The Hall–Kier alpha value is -1.69. The zero-order valence-electron chi connectivity index (χ0n) is 14.8. The summed E-state index contributed by atoms with van der Waals surface area (Å²) in [6.45, 7) is 11.4. The zero-order valence-corrected chi connectivity index (χ0v) is 15.6. The molecule has 6 heteroatoms. The van der Waals surface area contributed by atoms with E-state index in [0.29, 0.717) is 10.9 Å². The maximum absolute atomic E-state index is 12.0. The molecule has 0 aliphatic heterocycles. The molecule has 0 saturated heterocycles.